The summed E-state index contributed by atoms with van der Waals surface area (Å²) in [4.78, 5) is 47.8. The van der Waals surface area contributed by atoms with Crippen LogP contribution in [0.25, 0.3) is 5.69 Å². The van der Waals surface area contributed by atoms with Gasteiger partial charge in [-0.15, -0.1) is 12.4 Å². The second-order valence-corrected chi connectivity index (χ2v) is 11.4. The number of nitrogens with zero attached hydrogens (tertiary/aromatic N) is 5. The smallest absolute Gasteiger partial charge is 0.338 e. The Hall–Kier alpha value is -2.99. The molecule has 3 amide bonds. The van der Waals surface area contributed by atoms with Crippen LogP contribution in [0.1, 0.15) is 52.0 Å². The number of rotatable bonds is 8. The first-order chi connectivity index (χ1) is 19.1. The van der Waals surface area contributed by atoms with Crippen LogP contribution in [-0.2, 0) is 11.3 Å². The molecule has 0 unspecified atom stereocenters. The van der Waals surface area contributed by atoms with Crippen LogP contribution < -0.4 is 22.1 Å². The van der Waals surface area contributed by atoms with Crippen molar-refractivity contribution in [3.8, 4) is 5.69 Å². The van der Waals surface area contributed by atoms with E-state index in [1.54, 1.807) is 35.9 Å². The van der Waals surface area contributed by atoms with Gasteiger partial charge in [-0.1, -0.05) is 19.1 Å². The van der Waals surface area contributed by atoms with Gasteiger partial charge in [-0.05, 0) is 76.9 Å². The van der Waals surface area contributed by atoms with Gasteiger partial charge in [-0.3, -0.25) is 19.6 Å². The van der Waals surface area contributed by atoms with Crippen molar-refractivity contribution >= 4 is 30.2 Å². The van der Waals surface area contributed by atoms with Crippen LogP contribution in [0.15, 0.2) is 41.3 Å². The summed E-state index contributed by atoms with van der Waals surface area (Å²) in [5.41, 5.74) is 6.43. The zero-order valence-corrected chi connectivity index (χ0v) is 25.5. The summed E-state index contributed by atoms with van der Waals surface area (Å²) < 4.78 is 1.47. The van der Waals surface area contributed by atoms with Gasteiger partial charge in [0.2, 0.25) is 5.91 Å². The number of urea groups is 1. The average molecular weight is 589 g/mol. The lowest BCUT2D eigenvalue weighted by Crippen LogP contribution is -2.58. The van der Waals surface area contributed by atoms with E-state index in [9.17, 15) is 14.4 Å². The van der Waals surface area contributed by atoms with Crippen molar-refractivity contribution in [2.45, 2.75) is 70.6 Å². The normalized spacial score (nSPS) is 19.6. The molecule has 2 fully saturated rings. The molecule has 12 heteroatoms. The first-order valence-corrected chi connectivity index (χ1v) is 14.3. The van der Waals surface area contributed by atoms with E-state index in [-0.39, 0.29) is 30.2 Å². The van der Waals surface area contributed by atoms with Crippen LogP contribution in [-0.4, -0.2) is 93.6 Å². The topological polar surface area (TPSA) is 129 Å². The van der Waals surface area contributed by atoms with Crippen molar-refractivity contribution in [1.82, 2.24) is 29.6 Å². The molecule has 226 valence electrons. The molecule has 0 spiro atoms. The number of hydrogen-bond acceptors (Lipinski definition) is 7. The van der Waals surface area contributed by atoms with Crippen molar-refractivity contribution in [3.63, 3.8) is 0 Å². The van der Waals surface area contributed by atoms with E-state index >= 15 is 0 Å². The maximum atomic E-state index is 12.8. The molecule has 1 aliphatic carbocycles. The third kappa shape index (κ3) is 8.28. The third-order valence-electron chi connectivity index (χ3n) is 8.07. The van der Waals surface area contributed by atoms with Crippen molar-refractivity contribution in [2.75, 3.05) is 45.1 Å². The Morgan fingerprint density at radius 1 is 1.02 bits per heavy atom. The number of amides is 3. The van der Waals surface area contributed by atoms with Crippen molar-refractivity contribution in [3.05, 3.63) is 52.6 Å². The molecule has 11 nitrogen and oxygen atoms in total. The number of benzene rings is 1. The fourth-order valence-corrected chi connectivity index (χ4v) is 5.60. The van der Waals surface area contributed by atoms with Gasteiger partial charge in [-0.2, -0.15) is 4.98 Å². The Bertz CT molecular complexity index is 1210. The number of anilines is 1. The highest BCUT2D eigenvalue weighted by Gasteiger charge is 2.31. The Morgan fingerprint density at radius 3 is 2.17 bits per heavy atom. The number of piperazine rings is 1. The minimum Gasteiger partial charge on any atom is -0.338 e. The monoisotopic (exact) mass is 588 g/mol. The molecule has 0 atom stereocenters. The lowest BCUT2D eigenvalue weighted by molar-refractivity contribution is -0.137. The molecule has 0 bridgehead atoms. The molecule has 4 N–H and O–H groups in total. The first-order valence-electron chi connectivity index (χ1n) is 14.3. The number of carbonyl (C=O) groups excluding carboxylic acids is 2. The molecule has 1 aliphatic heterocycles. The molecule has 2 heterocycles. The first kappa shape index (κ1) is 32.5. The fraction of sp³-hybridized carbons (Fsp3) is 0.586. The largest absolute Gasteiger partial charge is 0.354 e. The number of nitrogens with one attached hydrogen (secondary N) is 2. The minimum absolute atomic E-state index is 0. The van der Waals surface area contributed by atoms with Gasteiger partial charge in [0.15, 0.2) is 0 Å². The van der Waals surface area contributed by atoms with Crippen LogP contribution in [0.3, 0.4) is 0 Å². The highest BCUT2D eigenvalue weighted by Crippen LogP contribution is 2.24. The molecular weight excluding hydrogens is 544 g/mol. The van der Waals surface area contributed by atoms with E-state index < -0.39 is 11.2 Å². The van der Waals surface area contributed by atoms with Gasteiger partial charge in [0.25, 0.3) is 0 Å². The van der Waals surface area contributed by atoms with E-state index in [2.05, 4.69) is 39.6 Å². The summed E-state index contributed by atoms with van der Waals surface area (Å²) in [6.45, 7) is 9.03. The van der Waals surface area contributed by atoms with Crippen LogP contribution in [0.5, 0.6) is 0 Å². The predicted octanol–water partition coefficient (Wildman–Crippen LogP) is 2.42. The molecule has 41 heavy (non-hydrogen) atoms. The van der Waals surface area contributed by atoms with Gasteiger partial charge in [0.1, 0.15) is 5.82 Å². The standard InChI is InChI=1S/C29H44N8O3.ClH/c1-5-34(23-12-8-22(31-4)9-13-23)20-21-6-10-24(11-7-21)37-15-14-25(33-28(37)40)32-27(39)36-18-16-35(17-19-36)26(38)29(2,3)30;/h6-7,10-11,14-15,22-23,31H,5,8-9,12-13,16-20,30H2,1-4H3,(H,32,33,39,40);1H/t22-,23-;. The molecule has 1 aromatic heterocycles. The van der Waals surface area contributed by atoms with Crippen LogP contribution >= 0.6 is 12.4 Å². The van der Waals surface area contributed by atoms with Crippen LogP contribution in [0.4, 0.5) is 10.6 Å². The maximum Gasteiger partial charge on any atom is 0.354 e. The lowest BCUT2D eigenvalue weighted by Gasteiger charge is -2.37. The van der Waals surface area contributed by atoms with Crippen molar-refractivity contribution in [1.29, 1.82) is 0 Å². The summed E-state index contributed by atoms with van der Waals surface area (Å²) in [6.07, 6.45) is 6.48. The highest BCUT2D eigenvalue weighted by molar-refractivity contribution is 5.89. The van der Waals surface area contributed by atoms with Gasteiger partial charge in [-0.25, -0.2) is 9.59 Å². The van der Waals surface area contributed by atoms with Gasteiger partial charge in [0.05, 0.1) is 11.2 Å². The molecule has 4 rings (SSSR count). The summed E-state index contributed by atoms with van der Waals surface area (Å²) >= 11 is 0. The third-order valence-corrected chi connectivity index (χ3v) is 8.07. The van der Waals surface area contributed by atoms with Crippen LogP contribution in [0.2, 0.25) is 0 Å². The van der Waals surface area contributed by atoms with Crippen molar-refractivity contribution in [2.24, 2.45) is 5.73 Å². The Morgan fingerprint density at radius 2 is 1.63 bits per heavy atom. The Balaban J connectivity index is 0.00000462. The fourth-order valence-electron chi connectivity index (χ4n) is 5.60. The van der Waals surface area contributed by atoms with E-state index in [4.69, 9.17) is 5.73 Å². The maximum absolute atomic E-state index is 12.8. The average Bonchev–Trinajstić information content (AvgIpc) is 2.95. The number of aromatic nitrogens is 2. The second kappa shape index (κ2) is 14.3. The summed E-state index contributed by atoms with van der Waals surface area (Å²) in [6, 6.07) is 10.5. The molecule has 1 aromatic carbocycles. The van der Waals surface area contributed by atoms with E-state index in [1.807, 2.05) is 19.2 Å². The summed E-state index contributed by atoms with van der Waals surface area (Å²) in [5.74, 6) is 0.0525. The van der Waals surface area contributed by atoms with Crippen LogP contribution in [0, 0.1) is 0 Å². The Kier molecular flexibility index (Phi) is 11.3. The Labute approximate surface area is 248 Å². The molecule has 1 saturated carbocycles. The summed E-state index contributed by atoms with van der Waals surface area (Å²) in [7, 11) is 2.05. The minimum atomic E-state index is -0.944. The zero-order valence-electron chi connectivity index (χ0n) is 24.6. The van der Waals surface area contributed by atoms with Crippen molar-refractivity contribution < 1.29 is 9.59 Å². The number of halogens is 1. The quantitative estimate of drug-likeness (QED) is 0.432. The molecule has 0 radical (unpaired) electrons. The highest BCUT2D eigenvalue weighted by atomic mass is 35.5. The molecule has 1 saturated heterocycles. The van der Waals surface area contributed by atoms with E-state index in [0.29, 0.717) is 38.3 Å². The van der Waals surface area contributed by atoms with Gasteiger partial charge in [0, 0.05) is 51.0 Å². The lowest BCUT2D eigenvalue weighted by atomic mass is 9.90. The van der Waals surface area contributed by atoms with E-state index in [0.717, 1.165) is 18.8 Å². The number of hydrogen-bond donors (Lipinski definition) is 3. The predicted molar refractivity (Wildman–Crippen MR) is 164 cm³/mol. The second-order valence-electron chi connectivity index (χ2n) is 11.4. The number of carbonyl (C=O) groups is 2. The zero-order chi connectivity index (χ0) is 28.9. The molecular formula is C29H45ClN8O3. The molecule has 2 aliphatic rings. The van der Waals surface area contributed by atoms with Gasteiger partial charge < -0.3 is 20.9 Å². The SMILES string of the molecule is CCN(Cc1ccc(-n2ccc(NC(=O)N3CCN(C(=O)C(C)(C)N)CC3)nc2=O)cc1)[C@H]1CC[C@H](NC)CC1.Cl. The van der Waals surface area contributed by atoms with Gasteiger partial charge >= 0.3 is 11.7 Å². The molecule has 2 aromatic rings. The number of nitrogens with two attached hydrogens (primary N) is 1. The van der Waals surface area contributed by atoms with E-state index in [1.165, 1.54) is 35.8 Å². The summed E-state index contributed by atoms with van der Waals surface area (Å²) in [5, 5.41) is 6.11.